The van der Waals surface area contributed by atoms with E-state index in [0.717, 1.165) is 43.6 Å². The molecule has 0 bridgehead atoms. The van der Waals surface area contributed by atoms with Gasteiger partial charge in [-0.2, -0.15) is 0 Å². The highest BCUT2D eigenvalue weighted by Gasteiger charge is 2.48. The second-order valence-electron chi connectivity index (χ2n) is 8.34. The Labute approximate surface area is 155 Å². The summed E-state index contributed by atoms with van der Waals surface area (Å²) in [5, 5.41) is 3.46. The zero-order valence-electron chi connectivity index (χ0n) is 15.8. The second-order valence-corrected chi connectivity index (χ2v) is 8.34. The number of carbonyl (C=O) groups is 1. The first kappa shape index (κ1) is 17.9. The van der Waals surface area contributed by atoms with Crippen LogP contribution in [0, 0.1) is 11.2 Å². The average Bonchev–Trinajstić information content (AvgIpc) is 2.65. The monoisotopic (exact) mass is 360 g/mol. The minimum Gasteiger partial charge on any atom is -0.465 e. The summed E-state index contributed by atoms with van der Waals surface area (Å²) >= 11 is 0. The molecule has 0 radical (unpaired) electrons. The predicted molar refractivity (Wildman–Crippen MR) is 98.6 cm³/mol. The van der Waals surface area contributed by atoms with E-state index in [9.17, 15) is 9.18 Å². The fourth-order valence-corrected chi connectivity index (χ4v) is 5.32. The van der Waals surface area contributed by atoms with E-state index in [0.29, 0.717) is 23.1 Å². The highest BCUT2D eigenvalue weighted by molar-refractivity contribution is 5.89. The van der Waals surface area contributed by atoms with Crippen LogP contribution in [0.15, 0.2) is 12.1 Å². The Kier molecular flexibility index (Phi) is 4.78. The summed E-state index contributed by atoms with van der Waals surface area (Å²) in [6, 6.07) is 4.16. The summed E-state index contributed by atoms with van der Waals surface area (Å²) in [6.07, 6.45) is 6.86. The Balaban J connectivity index is 1.55. The van der Waals surface area contributed by atoms with Gasteiger partial charge < -0.3 is 10.1 Å². The first-order valence-corrected chi connectivity index (χ1v) is 9.91. The van der Waals surface area contributed by atoms with Crippen LogP contribution in [0.25, 0.3) is 0 Å². The van der Waals surface area contributed by atoms with Crippen molar-refractivity contribution in [2.75, 3.05) is 20.2 Å². The van der Waals surface area contributed by atoms with Gasteiger partial charge in [-0.05, 0) is 80.3 Å². The van der Waals surface area contributed by atoms with Gasteiger partial charge in [0.1, 0.15) is 5.82 Å². The van der Waals surface area contributed by atoms with E-state index >= 15 is 0 Å². The number of nitrogens with one attached hydrogen (secondary N) is 1. The quantitative estimate of drug-likeness (QED) is 0.840. The first-order valence-electron chi connectivity index (χ1n) is 9.91. The van der Waals surface area contributed by atoms with Crippen LogP contribution in [0.3, 0.4) is 0 Å². The molecule has 1 unspecified atom stereocenters. The number of nitrogens with zero attached hydrogens (tertiary/aromatic N) is 1. The number of fused-ring (bicyclic) bond motifs is 1. The lowest BCUT2D eigenvalue weighted by molar-refractivity contribution is -0.0475. The molecule has 1 spiro atoms. The van der Waals surface area contributed by atoms with Crippen molar-refractivity contribution in [3.8, 4) is 0 Å². The van der Waals surface area contributed by atoms with Crippen LogP contribution >= 0.6 is 0 Å². The Bertz CT molecular complexity index is 691. The Hall–Kier alpha value is -1.46. The molecule has 1 aromatic carbocycles. The molecule has 1 saturated heterocycles. The Morgan fingerprint density at radius 2 is 2.08 bits per heavy atom. The molecule has 26 heavy (non-hydrogen) atoms. The molecule has 142 valence electrons. The van der Waals surface area contributed by atoms with Gasteiger partial charge in [0.05, 0.1) is 12.7 Å². The molecule has 0 amide bonds. The van der Waals surface area contributed by atoms with E-state index in [1.807, 2.05) is 6.07 Å². The maximum atomic E-state index is 14.6. The largest absolute Gasteiger partial charge is 0.465 e. The maximum absolute atomic E-state index is 14.6. The van der Waals surface area contributed by atoms with Gasteiger partial charge in [-0.3, -0.25) is 4.90 Å². The normalized spacial score (nSPS) is 25.6. The van der Waals surface area contributed by atoms with E-state index in [4.69, 9.17) is 4.74 Å². The number of piperidine rings is 1. The zero-order chi connectivity index (χ0) is 18.3. The van der Waals surface area contributed by atoms with Gasteiger partial charge in [-0.1, -0.05) is 6.92 Å². The number of methoxy groups -OCH3 is 1. The number of hydrogen-bond donors (Lipinski definition) is 1. The standard InChI is InChI=1S/C21H29FN2O2/c1-3-16-10-18-15(8-14(9-19(18)22)20(25)26-2)13-24(16)17-11-21(12-17)4-6-23-7-5-21/h8-9,16-17,23H,3-7,10-13H2,1-2H3. The summed E-state index contributed by atoms with van der Waals surface area (Å²) < 4.78 is 19.4. The molecule has 2 fully saturated rings. The Morgan fingerprint density at radius 3 is 2.73 bits per heavy atom. The van der Waals surface area contributed by atoms with Gasteiger partial charge >= 0.3 is 5.97 Å². The molecular weight excluding hydrogens is 331 g/mol. The summed E-state index contributed by atoms with van der Waals surface area (Å²) in [4.78, 5) is 14.4. The Morgan fingerprint density at radius 1 is 1.35 bits per heavy atom. The first-order chi connectivity index (χ1) is 12.5. The molecule has 1 N–H and O–H groups in total. The molecule has 1 saturated carbocycles. The van der Waals surface area contributed by atoms with Gasteiger partial charge in [0, 0.05) is 18.6 Å². The topological polar surface area (TPSA) is 41.6 Å². The van der Waals surface area contributed by atoms with Gasteiger partial charge in [0.15, 0.2) is 0 Å². The van der Waals surface area contributed by atoms with Gasteiger partial charge in [0.2, 0.25) is 0 Å². The lowest BCUT2D eigenvalue weighted by Gasteiger charge is -2.56. The van der Waals surface area contributed by atoms with Crippen LogP contribution in [-0.4, -0.2) is 43.2 Å². The van der Waals surface area contributed by atoms with E-state index < -0.39 is 5.97 Å². The number of hydrogen-bond acceptors (Lipinski definition) is 4. The molecule has 2 heterocycles. The lowest BCUT2D eigenvalue weighted by atomic mass is 9.59. The minimum absolute atomic E-state index is 0.260. The molecule has 3 aliphatic rings. The lowest BCUT2D eigenvalue weighted by Crippen LogP contribution is -2.57. The van der Waals surface area contributed by atoms with Crippen LogP contribution in [0.4, 0.5) is 4.39 Å². The van der Waals surface area contributed by atoms with Crippen molar-refractivity contribution in [3.63, 3.8) is 0 Å². The van der Waals surface area contributed by atoms with E-state index in [2.05, 4.69) is 17.1 Å². The average molecular weight is 360 g/mol. The number of benzene rings is 1. The van der Waals surface area contributed by atoms with Crippen molar-refractivity contribution in [2.24, 2.45) is 5.41 Å². The zero-order valence-corrected chi connectivity index (χ0v) is 15.8. The van der Waals surface area contributed by atoms with Crippen LogP contribution in [0.5, 0.6) is 0 Å². The van der Waals surface area contributed by atoms with Crippen molar-refractivity contribution in [2.45, 2.75) is 64.1 Å². The van der Waals surface area contributed by atoms with Crippen molar-refractivity contribution in [1.82, 2.24) is 10.2 Å². The smallest absolute Gasteiger partial charge is 0.337 e. The molecule has 0 aromatic heterocycles. The molecular formula is C21H29FN2O2. The highest BCUT2D eigenvalue weighted by Crippen LogP contribution is 2.51. The molecule has 1 atom stereocenters. The van der Waals surface area contributed by atoms with Crippen LogP contribution in [0.2, 0.25) is 0 Å². The maximum Gasteiger partial charge on any atom is 0.337 e. The number of halogens is 1. The fraction of sp³-hybridized carbons (Fsp3) is 0.667. The van der Waals surface area contributed by atoms with Crippen LogP contribution in [-0.2, 0) is 17.7 Å². The highest BCUT2D eigenvalue weighted by atomic mass is 19.1. The van der Waals surface area contributed by atoms with Crippen LogP contribution in [0.1, 0.15) is 60.5 Å². The summed E-state index contributed by atoms with van der Waals surface area (Å²) in [5.74, 6) is -0.724. The molecule has 4 rings (SSSR count). The van der Waals surface area contributed by atoms with Crippen molar-refractivity contribution >= 4 is 5.97 Å². The number of carbonyl (C=O) groups excluding carboxylic acids is 1. The fourth-order valence-electron chi connectivity index (χ4n) is 5.32. The third-order valence-electron chi connectivity index (χ3n) is 6.91. The summed E-state index contributed by atoms with van der Waals surface area (Å²) in [6.45, 7) is 5.22. The van der Waals surface area contributed by atoms with Gasteiger partial charge in [-0.25, -0.2) is 9.18 Å². The molecule has 1 aliphatic carbocycles. The minimum atomic E-state index is -0.465. The van der Waals surface area contributed by atoms with Crippen molar-refractivity contribution in [1.29, 1.82) is 0 Å². The number of rotatable bonds is 3. The van der Waals surface area contributed by atoms with Gasteiger partial charge in [-0.15, -0.1) is 0 Å². The summed E-state index contributed by atoms with van der Waals surface area (Å²) in [5.41, 5.74) is 2.60. The predicted octanol–water partition coefficient (Wildman–Crippen LogP) is 3.28. The molecule has 4 nitrogen and oxygen atoms in total. The van der Waals surface area contributed by atoms with E-state index in [-0.39, 0.29) is 5.82 Å². The van der Waals surface area contributed by atoms with Gasteiger partial charge in [0.25, 0.3) is 0 Å². The number of esters is 1. The summed E-state index contributed by atoms with van der Waals surface area (Å²) in [7, 11) is 1.34. The SMILES string of the molecule is CCC1Cc2c(F)cc(C(=O)OC)cc2CN1C1CC2(CCNCC2)C1. The third-order valence-corrected chi connectivity index (χ3v) is 6.91. The third kappa shape index (κ3) is 3.05. The molecule has 5 heteroatoms. The van der Waals surface area contributed by atoms with Crippen LogP contribution < -0.4 is 5.32 Å². The van der Waals surface area contributed by atoms with E-state index in [1.54, 1.807) is 0 Å². The van der Waals surface area contributed by atoms with Crippen molar-refractivity contribution < 1.29 is 13.9 Å². The molecule has 1 aromatic rings. The molecule has 2 aliphatic heterocycles. The van der Waals surface area contributed by atoms with Crippen molar-refractivity contribution in [3.05, 3.63) is 34.6 Å². The second kappa shape index (κ2) is 6.93. The van der Waals surface area contributed by atoms with E-state index in [1.165, 1.54) is 38.9 Å². The number of ether oxygens (including phenoxy) is 1.